The molecule has 0 bridgehead atoms. The number of nitro benzene ring substituents is 1. The molecule has 1 unspecified atom stereocenters. The van der Waals surface area contributed by atoms with E-state index in [1.807, 2.05) is 13.0 Å². The molecule has 1 atom stereocenters. The van der Waals surface area contributed by atoms with Crippen LogP contribution in [-0.4, -0.2) is 22.0 Å². The molecule has 33 heavy (non-hydrogen) atoms. The summed E-state index contributed by atoms with van der Waals surface area (Å²) < 4.78 is 0. The number of nitrogens with zero attached hydrogens (tertiary/aromatic N) is 1. The van der Waals surface area contributed by atoms with Crippen LogP contribution in [-0.2, 0) is 4.79 Å². The minimum atomic E-state index is -0.524. The third-order valence-corrected chi connectivity index (χ3v) is 6.47. The Labute approximate surface area is 204 Å². The van der Waals surface area contributed by atoms with Gasteiger partial charge in [0.1, 0.15) is 0 Å². The Morgan fingerprint density at radius 3 is 2.39 bits per heavy atom. The highest BCUT2D eigenvalue weighted by Crippen LogP contribution is 2.30. The van der Waals surface area contributed by atoms with Crippen molar-refractivity contribution >= 4 is 63.8 Å². The lowest BCUT2D eigenvalue weighted by Gasteiger charge is -2.16. The number of carbonyl (C=O) groups excluding carboxylic acids is 2. The first-order valence-electron chi connectivity index (χ1n) is 9.85. The number of amides is 2. The molecule has 0 heterocycles. The predicted molar refractivity (Wildman–Crippen MR) is 133 cm³/mol. The molecule has 0 aromatic heterocycles. The summed E-state index contributed by atoms with van der Waals surface area (Å²) in [6, 6.07) is 17.3. The van der Waals surface area contributed by atoms with Crippen molar-refractivity contribution in [3.63, 3.8) is 0 Å². The molecule has 2 amide bonds. The van der Waals surface area contributed by atoms with Crippen molar-refractivity contribution in [2.75, 3.05) is 10.6 Å². The van der Waals surface area contributed by atoms with Crippen LogP contribution in [0.15, 0.2) is 71.6 Å². The number of carbonyl (C=O) groups is 2. The molecule has 3 aromatic carbocycles. The maximum atomic E-state index is 12.8. The Bertz CT molecular complexity index is 1190. The molecule has 0 aliphatic rings. The topological polar surface area (TPSA) is 101 Å². The summed E-state index contributed by atoms with van der Waals surface area (Å²) in [5, 5.41) is 16.8. The third-order valence-electron chi connectivity index (χ3n) is 4.56. The van der Waals surface area contributed by atoms with E-state index in [0.717, 1.165) is 4.90 Å². The zero-order chi connectivity index (χ0) is 24.0. The Kier molecular flexibility index (Phi) is 8.32. The first-order valence-corrected chi connectivity index (χ1v) is 11.5. The van der Waals surface area contributed by atoms with Crippen molar-refractivity contribution < 1.29 is 14.5 Å². The fraction of sp³-hybridized carbons (Fsp3) is 0.130. The minimum absolute atomic E-state index is 0.0891. The average Bonchev–Trinajstić information content (AvgIpc) is 2.79. The second-order valence-corrected chi connectivity index (χ2v) is 9.03. The van der Waals surface area contributed by atoms with Gasteiger partial charge in [0.05, 0.1) is 20.9 Å². The third kappa shape index (κ3) is 6.71. The number of thioether (sulfide) groups is 1. The number of hydrogen-bond donors (Lipinski definition) is 2. The summed E-state index contributed by atoms with van der Waals surface area (Å²) >= 11 is 13.4. The van der Waals surface area contributed by atoms with Gasteiger partial charge in [0.15, 0.2) is 0 Å². The van der Waals surface area contributed by atoms with E-state index in [9.17, 15) is 19.7 Å². The molecular weight excluding hydrogens is 485 g/mol. The largest absolute Gasteiger partial charge is 0.324 e. The summed E-state index contributed by atoms with van der Waals surface area (Å²) in [7, 11) is 0. The Morgan fingerprint density at radius 2 is 1.76 bits per heavy atom. The normalized spacial score (nSPS) is 11.5. The van der Waals surface area contributed by atoms with Crippen LogP contribution in [0.3, 0.4) is 0 Å². The standard InChI is InChI=1S/C23H19Cl2N3O4S/c1-2-21(23(30)27-20-11-8-15(24)12-19(20)25)33-18-5-3-4-16(13-18)26-22(29)14-6-9-17(10-7-14)28(31)32/h3-13,21H,2H2,1H3,(H,26,29)(H,27,30). The van der Waals surface area contributed by atoms with E-state index in [1.54, 1.807) is 36.4 Å². The van der Waals surface area contributed by atoms with Crippen LogP contribution in [0.2, 0.25) is 10.0 Å². The molecule has 3 aromatic rings. The van der Waals surface area contributed by atoms with Gasteiger partial charge in [-0.05, 0) is 55.0 Å². The SMILES string of the molecule is CCC(Sc1cccc(NC(=O)c2ccc([N+](=O)[O-])cc2)c1)C(=O)Nc1ccc(Cl)cc1Cl. The van der Waals surface area contributed by atoms with E-state index in [4.69, 9.17) is 23.2 Å². The van der Waals surface area contributed by atoms with Crippen molar-refractivity contribution in [2.45, 2.75) is 23.5 Å². The van der Waals surface area contributed by atoms with Gasteiger partial charge in [-0.3, -0.25) is 19.7 Å². The van der Waals surface area contributed by atoms with Gasteiger partial charge in [0.2, 0.25) is 5.91 Å². The van der Waals surface area contributed by atoms with Crippen molar-refractivity contribution in [1.82, 2.24) is 0 Å². The molecule has 0 saturated heterocycles. The number of hydrogen-bond acceptors (Lipinski definition) is 5. The van der Waals surface area contributed by atoms with E-state index in [-0.39, 0.29) is 11.6 Å². The van der Waals surface area contributed by atoms with Gasteiger partial charge >= 0.3 is 0 Å². The number of halogens is 2. The summed E-state index contributed by atoms with van der Waals surface area (Å²) in [5.74, 6) is -0.596. The molecular formula is C23H19Cl2N3O4S. The molecule has 0 saturated carbocycles. The van der Waals surface area contributed by atoms with Crippen LogP contribution in [0.5, 0.6) is 0 Å². The van der Waals surface area contributed by atoms with Crippen molar-refractivity contribution in [2.24, 2.45) is 0 Å². The minimum Gasteiger partial charge on any atom is -0.324 e. The van der Waals surface area contributed by atoms with Gasteiger partial charge in [-0.15, -0.1) is 11.8 Å². The van der Waals surface area contributed by atoms with Crippen LogP contribution in [0, 0.1) is 10.1 Å². The molecule has 7 nitrogen and oxygen atoms in total. The van der Waals surface area contributed by atoms with Gasteiger partial charge in [-0.2, -0.15) is 0 Å². The molecule has 3 rings (SSSR count). The number of non-ortho nitro benzene ring substituents is 1. The fourth-order valence-corrected chi connectivity index (χ4v) is 4.34. The fourth-order valence-electron chi connectivity index (χ4n) is 2.88. The number of anilines is 2. The van der Waals surface area contributed by atoms with Gasteiger partial charge < -0.3 is 10.6 Å². The Balaban J connectivity index is 1.66. The number of rotatable bonds is 8. The smallest absolute Gasteiger partial charge is 0.269 e. The summed E-state index contributed by atoms with van der Waals surface area (Å²) in [5.41, 5.74) is 1.23. The van der Waals surface area contributed by atoms with Crippen molar-refractivity contribution in [3.8, 4) is 0 Å². The molecule has 0 aliphatic carbocycles. The zero-order valence-corrected chi connectivity index (χ0v) is 19.7. The van der Waals surface area contributed by atoms with Gasteiger partial charge in [-0.25, -0.2) is 0 Å². The van der Waals surface area contributed by atoms with Crippen LogP contribution >= 0.6 is 35.0 Å². The monoisotopic (exact) mass is 503 g/mol. The van der Waals surface area contributed by atoms with E-state index in [2.05, 4.69) is 10.6 Å². The first kappa shape index (κ1) is 24.6. The predicted octanol–water partition coefficient (Wildman–Crippen LogP) is 6.66. The lowest BCUT2D eigenvalue weighted by molar-refractivity contribution is -0.384. The number of nitro groups is 1. The lowest BCUT2D eigenvalue weighted by atomic mass is 10.2. The highest BCUT2D eigenvalue weighted by molar-refractivity contribution is 8.00. The number of benzene rings is 3. The van der Waals surface area contributed by atoms with Crippen LogP contribution in [0.4, 0.5) is 17.1 Å². The maximum absolute atomic E-state index is 12.8. The van der Waals surface area contributed by atoms with Gasteiger partial charge in [-0.1, -0.05) is 36.2 Å². The number of nitrogens with one attached hydrogen (secondary N) is 2. The first-order chi connectivity index (χ1) is 15.8. The molecule has 170 valence electrons. The second-order valence-electron chi connectivity index (χ2n) is 6.91. The average molecular weight is 504 g/mol. The van der Waals surface area contributed by atoms with E-state index in [0.29, 0.717) is 33.4 Å². The Morgan fingerprint density at radius 1 is 1.03 bits per heavy atom. The lowest BCUT2D eigenvalue weighted by Crippen LogP contribution is -2.24. The highest BCUT2D eigenvalue weighted by Gasteiger charge is 2.19. The molecule has 0 fully saturated rings. The van der Waals surface area contributed by atoms with E-state index in [1.165, 1.54) is 36.0 Å². The zero-order valence-electron chi connectivity index (χ0n) is 17.4. The van der Waals surface area contributed by atoms with E-state index < -0.39 is 16.1 Å². The van der Waals surface area contributed by atoms with Crippen LogP contribution in [0.25, 0.3) is 0 Å². The highest BCUT2D eigenvalue weighted by atomic mass is 35.5. The summed E-state index contributed by atoms with van der Waals surface area (Å²) in [4.78, 5) is 36.3. The van der Waals surface area contributed by atoms with Gasteiger partial charge in [0.25, 0.3) is 11.6 Å². The molecule has 10 heteroatoms. The maximum Gasteiger partial charge on any atom is 0.269 e. The quantitative estimate of drug-likeness (QED) is 0.203. The molecule has 0 radical (unpaired) electrons. The van der Waals surface area contributed by atoms with Crippen LogP contribution < -0.4 is 10.6 Å². The molecule has 0 spiro atoms. The summed E-state index contributed by atoms with van der Waals surface area (Å²) in [6.45, 7) is 1.90. The van der Waals surface area contributed by atoms with E-state index >= 15 is 0 Å². The summed E-state index contributed by atoms with van der Waals surface area (Å²) in [6.07, 6.45) is 0.571. The Hall–Kier alpha value is -3.07. The van der Waals surface area contributed by atoms with Crippen LogP contribution in [0.1, 0.15) is 23.7 Å². The van der Waals surface area contributed by atoms with Crippen molar-refractivity contribution in [3.05, 3.63) is 92.5 Å². The van der Waals surface area contributed by atoms with Crippen molar-refractivity contribution in [1.29, 1.82) is 0 Å². The molecule has 2 N–H and O–H groups in total. The molecule has 0 aliphatic heterocycles. The van der Waals surface area contributed by atoms with Gasteiger partial charge in [0, 0.05) is 33.3 Å². The second kappa shape index (κ2) is 11.2.